The van der Waals surface area contributed by atoms with Crippen LogP contribution in [-0.2, 0) is 16.1 Å². The summed E-state index contributed by atoms with van der Waals surface area (Å²) in [6, 6.07) is 5.27. The Morgan fingerprint density at radius 1 is 1.41 bits per heavy atom. The van der Waals surface area contributed by atoms with E-state index in [1.165, 1.54) is 16.7 Å². The Bertz CT molecular complexity index is 644. The minimum absolute atomic E-state index is 0.242. The molecule has 1 amide bonds. The van der Waals surface area contributed by atoms with E-state index in [4.69, 9.17) is 4.74 Å². The molecule has 0 saturated heterocycles. The fourth-order valence-corrected chi connectivity index (χ4v) is 2.97. The van der Waals surface area contributed by atoms with E-state index in [-0.39, 0.29) is 12.5 Å². The zero-order valence-corrected chi connectivity index (χ0v) is 13.9. The Kier molecular flexibility index (Phi) is 5.97. The molecule has 0 fully saturated rings. The molecule has 0 aliphatic rings. The highest BCUT2D eigenvalue weighted by Gasteiger charge is 2.16. The van der Waals surface area contributed by atoms with Crippen LogP contribution in [0.2, 0.25) is 0 Å². The third-order valence-electron chi connectivity index (χ3n) is 2.94. The molecule has 0 aliphatic heterocycles. The summed E-state index contributed by atoms with van der Waals surface area (Å²) in [5.74, 6) is -0.774. The van der Waals surface area contributed by atoms with Crippen LogP contribution >= 0.6 is 23.1 Å². The molecule has 0 unspecified atom stereocenters. The summed E-state index contributed by atoms with van der Waals surface area (Å²) >= 11 is 2.94. The van der Waals surface area contributed by atoms with Crippen molar-refractivity contribution in [3.8, 4) is 0 Å². The highest BCUT2D eigenvalue weighted by molar-refractivity contribution is 7.98. The lowest BCUT2D eigenvalue weighted by molar-refractivity contribution is -0.133. The first-order valence-electron chi connectivity index (χ1n) is 6.53. The maximum absolute atomic E-state index is 12.0. The summed E-state index contributed by atoms with van der Waals surface area (Å²) in [5.41, 5.74) is 1.44. The number of carbonyl (C=O) groups is 2. The number of carbonyl (C=O) groups excluding carboxylic acids is 2. The van der Waals surface area contributed by atoms with Crippen molar-refractivity contribution in [3.05, 3.63) is 46.3 Å². The number of hydrogen-bond acceptors (Lipinski definition) is 6. The molecule has 0 radical (unpaired) electrons. The smallest absolute Gasteiger partial charge is 0.341 e. The first-order valence-corrected chi connectivity index (χ1v) is 8.69. The quantitative estimate of drug-likeness (QED) is 0.599. The fraction of sp³-hybridized carbons (Fsp3) is 0.267. The molecule has 0 aliphatic carbocycles. The van der Waals surface area contributed by atoms with E-state index >= 15 is 0 Å². The van der Waals surface area contributed by atoms with Gasteiger partial charge in [-0.25, -0.2) is 9.78 Å². The van der Waals surface area contributed by atoms with E-state index < -0.39 is 5.97 Å². The van der Waals surface area contributed by atoms with E-state index in [2.05, 4.69) is 4.98 Å². The van der Waals surface area contributed by atoms with Crippen molar-refractivity contribution >= 4 is 35.0 Å². The average molecular weight is 336 g/mol. The van der Waals surface area contributed by atoms with Gasteiger partial charge in [0, 0.05) is 19.8 Å². The monoisotopic (exact) mass is 336 g/mol. The molecular weight excluding hydrogens is 320 g/mol. The number of aromatic nitrogens is 1. The zero-order valence-electron chi connectivity index (χ0n) is 12.3. The van der Waals surface area contributed by atoms with Gasteiger partial charge < -0.3 is 9.64 Å². The number of pyridine rings is 1. The van der Waals surface area contributed by atoms with Crippen molar-refractivity contribution in [2.24, 2.45) is 0 Å². The van der Waals surface area contributed by atoms with Gasteiger partial charge in [0.1, 0.15) is 5.03 Å². The zero-order chi connectivity index (χ0) is 15.9. The Morgan fingerprint density at radius 3 is 2.91 bits per heavy atom. The first kappa shape index (κ1) is 16.5. The van der Waals surface area contributed by atoms with Gasteiger partial charge in [-0.1, -0.05) is 0 Å². The van der Waals surface area contributed by atoms with Crippen LogP contribution in [0.5, 0.6) is 0 Å². The van der Waals surface area contributed by atoms with Crippen LogP contribution < -0.4 is 0 Å². The van der Waals surface area contributed by atoms with Gasteiger partial charge in [-0.15, -0.1) is 11.8 Å². The van der Waals surface area contributed by atoms with Gasteiger partial charge >= 0.3 is 5.97 Å². The van der Waals surface area contributed by atoms with Crippen LogP contribution in [0.25, 0.3) is 0 Å². The van der Waals surface area contributed by atoms with Crippen LogP contribution in [0.1, 0.15) is 15.9 Å². The fourth-order valence-electron chi connectivity index (χ4n) is 1.77. The maximum Gasteiger partial charge on any atom is 0.341 e. The van der Waals surface area contributed by atoms with Gasteiger partial charge in [0.15, 0.2) is 6.61 Å². The lowest BCUT2D eigenvalue weighted by atomic mass is 10.3. The molecule has 2 heterocycles. The third-order valence-corrected chi connectivity index (χ3v) is 4.38. The number of amides is 1. The number of ether oxygens (including phenoxy) is 1. The largest absolute Gasteiger partial charge is 0.452 e. The Labute approximate surface area is 137 Å². The summed E-state index contributed by atoms with van der Waals surface area (Å²) < 4.78 is 5.09. The van der Waals surface area contributed by atoms with Crippen molar-refractivity contribution in [2.45, 2.75) is 11.6 Å². The molecule has 0 aromatic carbocycles. The SMILES string of the molecule is CSc1ncccc1C(=O)OCC(=O)N(C)Cc1ccsc1. The van der Waals surface area contributed by atoms with E-state index in [9.17, 15) is 9.59 Å². The highest BCUT2D eigenvalue weighted by Crippen LogP contribution is 2.17. The van der Waals surface area contributed by atoms with E-state index in [0.717, 1.165) is 5.56 Å². The molecule has 5 nitrogen and oxygen atoms in total. The second-order valence-corrected chi connectivity index (χ2v) is 6.09. The molecule has 2 rings (SSSR count). The summed E-state index contributed by atoms with van der Waals surface area (Å²) in [5, 5.41) is 4.53. The Morgan fingerprint density at radius 2 is 2.23 bits per heavy atom. The van der Waals surface area contributed by atoms with Crippen LogP contribution in [-0.4, -0.2) is 41.7 Å². The number of rotatable bonds is 6. The van der Waals surface area contributed by atoms with Crippen LogP contribution in [0, 0.1) is 0 Å². The first-order chi connectivity index (χ1) is 10.6. The highest BCUT2D eigenvalue weighted by atomic mass is 32.2. The summed E-state index contributed by atoms with van der Waals surface area (Å²) in [4.78, 5) is 29.6. The van der Waals surface area contributed by atoms with Gasteiger partial charge in [0.25, 0.3) is 5.91 Å². The number of esters is 1. The molecule has 2 aromatic heterocycles. The van der Waals surface area contributed by atoms with Gasteiger partial charge in [-0.05, 0) is 40.8 Å². The standard InChI is InChI=1S/C15H16N2O3S2/c1-17(8-11-5-7-22-10-11)13(18)9-20-15(19)12-4-3-6-16-14(12)21-2/h3-7,10H,8-9H2,1-2H3. The molecule has 0 N–H and O–H groups in total. The molecule has 0 atom stereocenters. The summed E-state index contributed by atoms with van der Waals surface area (Å²) in [7, 11) is 1.69. The summed E-state index contributed by atoms with van der Waals surface area (Å²) in [6.07, 6.45) is 3.45. The van der Waals surface area contributed by atoms with Gasteiger partial charge in [0.05, 0.1) is 5.56 Å². The van der Waals surface area contributed by atoms with Crippen LogP contribution in [0.3, 0.4) is 0 Å². The predicted molar refractivity (Wildman–Crippen MR) is 87.1 cm³/mol. The number of hydrogen-bond donors (Lipinski definition) is 0. The number of likely N-dealkylation sites (N-methyl/N-ethyl adjacent to an activating group) is 1. The number of thioether (sulfide) groups is 1. The van der Waals surface area contributed by atoms with E-state index in [0.29, 0.717) is 17.1 Å². The second-order valence-electron chi connectivity index (χ2n) is 4.52. The second kappa shape index (κ2) is 7.95. The van der Waals surface area contributed by atoms with Crippen LogP contribution in [0.4, 0.5) is 0 Å². The number of nitrogens with zero attached hydrogens (tertiary/aromatic N) is 2. The average Bonchev–Trinajstić information content (AvgIpc) is 3.05. The minimum Gasteiger partial charge on any atom is -0.452 e. The molecule has 0 spiro atoms. The van der Waals surface area contributed by atoms with Crippen molar-refractivity contribution in [3.63, 3.8) is 0 Å². The minimum atomic E-state index is -0.533. The molecule has 116 valence electrons. The molecule has 0 saturated carbocycles. The molecule has 7 heteroatoms. The van der Waals surface area contributed by atoms with Gasteiger partial charge in [0.2, 0.25) is 0 Å². The van der Waals surface area contributed by atoms with Crippen LogP contribution in [0.15, 0.2) is 40.2 Å². The lowest BCUT2D eigenvalue weighted by Gasteiger charge is -2.16. The third kappa shape index (κ3) is 4.32. The number of thiophene rings is 1. The van der Waals surface area contributed by atoms with E-state index in [1.54, 1.807) is 36.7 Å². The van der Waals surface area contributed by atoms with Crippen molar-refractivity contribution in [1.82, 2.24) is 9.88 Å². The van der Waals surface area contributed by atoms with Gasteiger partial charge in [-0.2, -0.15) is 11.3 Å². The lowest BCUT2D eigenvalue weighted by Crippen LogP contribution is -2.30. The molecule has 22 heavy (non-hydrogen) atoms. The van der Waals surface area contributed by atoms with Crippen molar-refractivity contribution in [2.75, 3.05) is 19.9 Å². The maximum atomic E-state index is 12.0. The normalized spacial score (nSPS) is 10.3. The molecular formula is C15H16N2O3S2. The van der Waals surface area contributed by atoms with Crippen molar-refractivity contribution in [1.29, 1.82) is 0 Å². The topological polar surface area (TPSA) is 59.5 Å². The molecule has 2 aromatic rings. The predicted octanol–water partition coefficient (Wildman–Crippen LogP) is 2.68. The molecule has 0 bridgehead atoms. The Balaban J connectivity index is 1.89. The van der Waals surface area contributed by atoms with E-state index in [1.807, 2.05) is 23.1 Å². The summed E-state index contributed by atoms with van der Waals surface area (Å²) in [6.45, 7) is 0.227. The Hall–Kier alpha value is -1.86. The van der Waals surface area contributed by atoms with Gasteiger partial charge in [-0.3, -0.25) is 4.79 Å². The van der Waals surface area contributed by atoms with Crippen molar-refractivity contribution < 1.29 is 14.3 Å².